The van der Waals surface area contributed by atoms with Gasteiger partial charge in [-0.15, -0.1) is 0 Å². The van der Waals surface area contributed by atoms with Gasteiger partial charge in [-0.05, 0) is 38.8 Å². The molecule has 0 amide bonds. The number of carboxylic acid groups (broad SMARTS) is 1. The van der Waals surface area contributed by atoms with Gasteiger partial charge in [-0.2, -0.15) is 0 Å². The van der Waals surface area contributed by atoms with Gasteiger partial charge in [0, 0.05) is 11.6 Å². The third-order valence-corrected chi connectivity index (χ3v) is 4.58. The third-order valence-electron chi connectivity index (χ3n) is 4.58. The molecule has 4 heteroatoms. The van der Waals surface area contributed by atoms with Crippen LogP contribution in [0.1, 0.15) is 44.7 Å². The van der Waals surface area contributed by atoms with Crippen molar-refractivity contribution >= 4 is 5.97 Å². The maximum absolute atomic E-state index is 11.8. The number of ether oxygens (including phenoxy) is 1. The van der Waals surface area contributed by atoms with Crippen molar-refractivity contribution in [2.24, 2.45) is 0 Å². The molecule has 1 aliphatic heterocycles. The number of rotatable bonds is 5. The van der Waals surface area contributed by atoms with Gasteiger partial charge in [-0.1, -0.05) is 25.1 Å². The molecule has 0 saturated carbocycles. The Labute approximate surface area is 120 Å². The highest BCUT2D eigenvalue weighted by atomic mass is 16.5. The Morgan fingerprint density at radius 3 is 2.80 bits per heavy atom. The quantitative estimate of drug-likeness (QED) is 0.898. The minimum atomic E-state index is -0.736. The second-order valence-corrected chi connectivity index (χ2v) is 5.41. The first kappa shape index (κ1) is 14.9. The molecule has 20 heavy (non-hydrogen) atoms. The molecular weight excluding hydrogens is 254 g/mol. The first-order chi connectivity index (χ1) is 9.56. The van der Waals surface area contributed by atoms with Crippen LogP contribution in [0.5, 0.6) is 5.75 Å². The summed E-state index contributed by atoms with van der Waals surface area (Å²) >= 11 is 0. The SMILES string of the molecule is CCC1(C(=O)O)CCCN1C(C)c1ccccc1OC. The number of likely N-dealkylation sites (tertiary alicyclic amines) is 1. The highest BCUT2D eigenvalue weighted by Crippen LogP contribution is 2.41. The Morgan fingerprint density at radius 1 is 1.50 bits per heavy atom. The Kier molecular flexibility index (Phi) is 4.33. The Hall–Kier alpha value is -1.55. The number of aliphatic carboxylic acids is 1. The van der Waals surface area contributed by atoms with Crippen molar-refractivity contribution in [3.8, 4) is 5.75 Å². The Bertz CT molecular complexity index is 488. The summed E-state index contributed by atoms with van der Waals surface area (Å²) in [6.07, 6.45) is 2.28. The largest absolute Gasteiger partial charge is 0.496 e. The predicted octanol–water partition coefficient (Wildman–Crippen LogP) is 3.09. The second kappa shape index (κ2) is 5.83. The summed E-state index contributed by atoms with van der Waals surface area (Å²) in [5, 5.41) is 9.68. The molecule has 1 heterocycles. The van der Waals surface area contributed by atoms with Crippen LogP contribution in [0.4, 0.5) is 0 Å². The van der Waals surface area contributed by atoms with Crippen LogP contribution in [0.25, 0.3) is 0 Å². The van der Waals surface area contributed by atoms with Crippen molar-refractivity contribution < 1.29 is 14.6 Å². The van der Waals surface area contributed by atoms with Crippen molar-refractivity contribution in [1.82, 2.24) is 4.90 Å². The number of hydrogen-bond donors (Lipinski definition) is 1. The second-order valence-electron chi connectivity index (χ2n) is 5.41. The van der Waals surface area contributed by atoms with Crippen molar-refractivity contribution in [3.63, 3.8) is 0 Å². The monoisotopic (exact) mass is 277 g/mol. The van der Waals surface area contributed by atoms with E-state index in [0.29, 0.717) is 6.42 Å². The molecule has 1 aliphatic rings. The summed E-state index contributed by atoms with van der Waals surface area (Å²) in [6.45, 7) is 4.84. The summed E-state index contributed by atoms with van der Waals surface area (Å²) < 4.78 is 5.41. The van der Waals surface area contributed by atoms with E-state index in [0.717, 1.165) is 30.7 Å². The molecule has 0 aliphatic carbocycles. The smallest absolute Gasteiger partial charge is 0.324 e. The molecule has 0 bridgehead atoms. The van der Waals surface area contributed by atoms with Crippen LogP contribution in [0.3, 0.4) is 0 Å². The average molecular weight is 277 g/mol. The molecule has 110 valence electrons. The van der Waals surface area contributed by atoms with E-state index in [2.05, 4.69) is 11.8 Å². The molecule has 2 atom stereocenters. The minimum Gasteiger partial charge on any atom is -0.496 e. The van der Waals surface area contributed by atoms with Gasteiger partial charge in [0.2, 0.25) is 0 Å². The fourth-order valence-corrected chi connectivity index (χ4v) is 3.40. The topological polar surface area (TPSA) is 49.8 Å². The normalized spacial score (nSPS) is 24.6. The van der Waals surface area contributed by atoms with Gasteiger partial charge < -0.3 is 9.84 Å². The van der Waals surface area contributed by atoms with E-state index in [1.54, 1.807) is 7.11 Å². The van der Waals surface area contributed by atoms with E-state index in [4.69, 9.17) is 4.74 Å². The van der Waals surface area contributed by atoms with Gasteiger partial charge in [0.15, 0.2) is 0 Å². The first-order valence-corrected chi connectivity index (χ1v) is 7.20. The number of carboxylic acids is 1. The van der Waals surface area contributed by atoms with Crippen LogP contribution in [0.15, 0.2) is 24.3 Å². The fraction of sp³-hybridized carbons (Fsp3) is 0.562. The number of methoxy groups -OCH3 is 1. The third kappa shape index (κ3) is 2.29. The lowest BCUT2D eigenvalue weighted by Gasteiger charge is -2.38. The molecular formula is C16H23NO3. The van der Waals surface area contributed by atoms with Gasteiger partial charge >= 0.3 is 5.97 Å². The molecule has 1 fully saturated rings. The van der Waals surface area contributed by atoms with Gasteiger partial charge in [0.25, 0.3) is 0 Å². The fourth-order valence-electron chi connectivity index (χ4n) is 3.40. The summed E-state index contributed by atoms with van der Waals surface area (Å²) in [5.41, 5.74) is 0.316. The summed E-state index contributed by atoms with van der Waals surface area (Å²) in [6, 6.07) is 7.88. The van der Waals surface area contributed by atoms with E-state index in [1.807, 2.05) is 31.2 Å². The molecule has 0 aromatic heterocycles. The number of para-hydroxylation sites is 1. The highest BCUT2D eigenvalue weighted by molar-refractivity contribution is 5.79. The average Bonchev–Trinajstić information content (AvgIpc) is 2.91. The van der Waals surface area contributed by atoms with Crippen LogP contribution in [-0.4, -0.2) is 35.2 Å². The maximum atomic E-state index is 11.8. The zero-order valence-electron chi connectivity index (χ0n) is 12.4. The lowest BCUT2D eigenvalue weighted by atomic mass is 9.90. The standard InChI is InChI=1S/C16H23NO3/c1-4-16(15(18)19)10-7-11-17(16)12(2)13-8-5-6-9-14(13)20-3/h5-6,8-9,12H,4,7,10-11H2,1-3H3,(H,18,19). The molecule has 1 N–H and O–H groups in total. The molecule has 0 radical (unpaired) electrons. The predicted molar refractivity (Wildman–Crippen MR) is 78.0 cm³/mol. The number of carbonyl (C=O) groups is 1. The molecule has 1 aromatic carbocycles. The van der Waals surface area contributed by atoms with E-state index >= 15 is 0 Å². The van der Waals surface area contributed by atoms with Crippen LogP contribution in [0.2, 0.25) is 0 Å². The van der Waals surface area contributed by atoms with Gasteiger partial charge in [-0.3, -0.25) is 9.69 Å². The molecule has 4 nitrogen and oxygen atoms in total. The van der Waals surface area contributed by atoms with E-state index in [9.17, 15) is 9.90 Å². The lowest BCUT2D eigenvalue weighted by molar-refractivity contribution is -0.151. The highest BCUT2D eigenvalue weighted by Gasteiger charge is 2.48. The molecule has 2 unspecified atom stereocenters. The summed E-state index contributed by atoms with van der Waals surface area (Å²) in [7, 11) is 1.65. The van der Waals surface area contributed by atoms with Crippen LogP contribution in [0, 0.1) is 0 Å². The number of hydrogen-bond acceptors (Lipinski definition) is 3. The molecule has 1 saturated heterocycles. The summed E-state index contributed by atoms with van der Waals surface area (Å²) in [5.74, 6) is 0.113. The van der Waals surface area contributed by atoms with E-state index in [-0.39, 0.29) is 6.04 Å². The lowest BCUT2D eigenvalue weighted by Crippen LogP contribution is -2.50. The van der Waals surface area contributed by atoms with Crippen LogP contribution >= 0.6 is 0 Å². The molecule has 2 rings (SSSR count). The van der Waals surface area contributed by atoms with Gasteiger partial charge in [0.1, 0.15) is 11.3 Å². The van der Waals surface area contributed by atoms with E-state index < -0.39 is 11.5 Å². The van der Waals surface area contributed by atoms with Crippen molar-refractivity contribution in [2.45, 2.75) is 44.7 Å². The Balaban J connectivity index is 2.37. The van der Waals surface area contributed by atoms with Crippen molar-refractivity contribution in [3.05, 3.63) is 29.8 Å². The zero-order chi connectivity index (χ0) is 14.8. The van der Waals surface area contributed by atoms with Gasteiger partial charge in [0.05, 0.1) is 7.11 Å². The van der Waals surface area contributed by atoms with E-state index in [1.165, 1.54) is 0 Å². The van der Waals surface area contributed by atoms with Crippen molar-refractivity contribution in [2.75, 3.05) is 13.7 Å². The van der Waals surface area contributed by atoms with Crippen molar-refractivity contribution in [1.29, 1.82) is 0 Å². The molecule has 1 aromatic rings. The zero-order valence-corrected chi connectivity index (χ0v) is 12.4. The van der Waals surface area contributed by atoms with Crippen LogP contribution in [-0.2, 0) is 4.79 Å². The number of nitrogens with zero attached hydrogens (tertiary/aromatic N) is 1. The minimum absolute atomic E-state index is 0.0321. The van der Waals surface area contributed by atoms with Crippen LogP contribution < -0.4 is 4.74 Å². The maximum Gasteiger partial charge on any atom is 0.324 e. The summed E-state index contributed by atoms with van der Waals surface area (Å²) in [4.78, 5) is 13.9. The Morgan fingerprint density at radius 2 is 2.20 bits per heavy atom. The first-order valence-electron chi connectivity index (χ1n) is 7.20. The van der Waals surface area contributed by atoms with Gasteiger partial charge in [-0.25, -0.2) is 0 Å². The number of benzene rings is 1. The molecule has 0 spiro atoms.